The normalized spacial score (nSPS) is 11.5. The van der Waals surface area contributed by atoms with Gasteiger partial charge in [-0.3, -0.25) is 9.40 Å². The number of hydrogen-bond acceptors (Lipinski definition) is 3. The molecule has 3 aromatic rings. The van der Waals surface area contributed by atoms with Crippen LogP contribution < -0.4 is 4.72 Å². The maximum absolute atomic E-state index is 13.8. The van der Waals surface area contributed by atoms with Crippen LogP contribution >= 0.6 is 15.9 Å². The second-order valence-corrected chi connectivity index (χ2v) is 8.50. The van der Waals surface area contributed by atoms with E-state index >= 15 is 0 Å². The van der Waals surface area contributed by atoms with Gasteiger partial charge in [0.1, 0.15) is 5.82 Å². The quantitative estimate of drug-likeness (QED) is 0.648. The molecule has 26 heavy (non-hydrogen) atoms. The first kappa shape index (κ1) is 18.6. The first-order valence-corrected chi connectivity index (χ1v) is 10.1. The predicted molar refractivity (Wildman–Crippen MR) is 102 cm³/mol. The van der Waals surface area contributed by atoms with E-state index in [0.717, 1.165) is 11.1 Å². The van der Waals surface area contributed by atoms with Crippen LogP contribution in [0.15, 0.2) is 58.0 Å². The van der Waals surface area contributed by atoms with Gasteiger partial charge in [-0.15, -0.1) is 0 Å². The highest BCUT2D eigenvalue weighted by molar-refractivity contribution is 9.10. The highest BCUT2D eigenvalue weighted by Crippen LogP contribution is 2.25. The molecule has 0 unspecified atom stereocenters. The van der Waals surface area contributed by atoms with E-state index in [1.54, 1.807) is 42.6 Å². The molecule has 0 aliphatic rings. The lowest BCUT2D eigenvalue weighted by Gasteiger charge is -2.08. The van der Waals surface area contributed by atoms with Crippen molar-refractivity contribution < 1.29 is 12.8 Å². The van der Waals surface area contributed by atoms with E-state index in [9.17, 15) is 12.8 Å². The zero-order chi connectivity index (χ0) is 18.9. The standard InChI is InChI=1S/C18H17BrFN3O2S/c1-12-7-8-15(9-13(12)2)26(24,25)22-18-16(19)11-23(21-18)10-14-5-3-4-6-17(14)20/h3-9,11H,10H2,1-2H3,(H,21,22). The number of rotatable bonds is 5. The van der Waals surface area contributed by atoms with Gasteiger partial charge in [0.15, 0.2) is 5.82 Å². The van der Waals surface area contributed by atoms with E-state index in [-0.39, 0.29) is 23.1 Å². The minimum atomic E-state index is -3.77. The summed E-state index contributed by atoms with van der Waals surface area (Å²) in [7, 11) is -3.77. The van der Waals surface area contributed by atoms with Gasteiger partial charge in [0.25, 0.3) is 10.0 Å². The zero-order valence-electron chi connectivity index (χ0n) is 14.2. The number of benzene rings is 2. The Bertz CT molecular complexity index is 1060. The maximum atomic E-state index is 13.8. The third-order valence-corrected chi connectivity index (χ3v) is 5.94. The number of nitrogens with zero attached hydrogens (tertiary/aromatic N) is 2. The highest BCUT2D eigenvalue weighted by atomic mass is 79.9. The number of halogens is 2. The molecule has 0 radical (unpaired) electrons. The second kappa shape index (κ2) is 7.20. The summed E-state index contributed by atoms with van der Waals surface area (Å²) in [6.45, 7) is 3.96. The largest absolute Gasteiger partial charge is 0.265 e. The van der Waals surface area contributed by atoms with Gasteiger partial charge >= 0.3 is 0 Å². The molecule has 0 bridgehead atoms. The second-order valence-electron chi connectivity index (χ2n) is 5.97. The van der Waals surface area contributed by atoms with Crippen LogP contribution in [0.3, 0.4) is 0 Å². The van der Waals surface area contributed by atoms with E-state index < -0.39 is 10.0 Å². The Hall–Kier alpha value is -2.19. The topological polar surface area (TPSA) is 64.0 Å². The molecule has 0 atom stereocenters. The number of aryl methyl sites for hydroxylation is 2. The van der Waals surface area contributed by atoms with Gasteiger partial charge in [-0.05, 0) is 59.1 Å². The fraction of sp³-hybridized carbons (Fsp3) is 0.167. The van der Waals surface area contributed by atoms with Crippen LogP contribution in [0.2, 0.25) is 0 Å². The lowest BCUT2D eigenvalue weighted by atomic mass is 10.1. The van der Waals surface area contributed by atoms with Crippen molar-refractivity contribution in [3.8, 4) is 0 Å². The Labute approximate surface area is 160 Å². The molecule has 3 rings (SSSR count). The van der Waals surface area contributed by atoms with E-state index in [0.29, 0.717) is 10.0 Å². The van der Waals surface area contributed by atoms with Crippen LogP contribution in [0, 0.1) is 19.7 Å². The molecule has 1 heterocycles. The summed E-state index contributed by atoms with van der Waals surface area (Å²) in [5.74, 6) is -0.184. The van der Waals surface area contributed by atoms with Crippen molar-refractivity contribution in [1.82, 2.24) is 9.78 Å². The predicted octanol–water partition coefficient (Wildman–Crippen LogP) is 4.25. The third kappa shape index (κ3) is 3.96. The van der Waals surface area contributed by atoms with Crippen LogP contribution in [0.5, 0.6) is 0 Å². The molecule has 0 fully saturated rings. The molecule has 0 saturated heterocycles. The molecule has 1 aromatic heterocycles. The van der Waals surface area contributed by atoms with Crippen molar-refractivity contribution in [1.29, 1.82) is 0 Å². The molecule has 0 saturated carbocycles. The molecule has 2 aromatic carbocycles. The number of anilines is 1. The monoisotopic (exact) mass is 437 g/mol. The molecular weight excluding hydrogens is 421 g/mol. The first-order chi connectivity index (χ1) is 12.3. The molecule has 136 valence electrons. The lowest BCUT2D eigenvalue weighted by molar-refractivity contribution is 0.585. The molecule has 0 spiro atoms. The summed E-state index contributed by atoms with van der Waals surface area (Å²) < 4.78 is 43.4. The summed E-state index contributed by atoms with van der Waals surface area (Å²) in [5.41, 5.74) is 2.36. The molecule has 0 amide bonds. The van der Waals surface area contributed by atoms with Crippen molar-refractivity contribution in [3.05, 3.63) is 75.6 Å². The Balaban J connectivity index is 1.85. The third-order valence-electron chi connectivity index (χ3n) is 4.03. The van der Waals surface area contributed by atoms with Crippen molar-refractivity contribution in [3.63, 3.8) is 0 Å². The molecule has 0 aliphatic heterocycles. The van der Waals surface area contributed by atoms with E-state index in [2.05, 4.69) is 25.8 Å². The Morgan fingerprint density at radius 1 is 1.15 bits per heavy atom. The molecule has 5 nitrogen and oxygen atoms in total. The van der Waals surface area contributed by atoms with Gasteiger partial charge in [-0.2, -0.15) is 5.10 Å². The molecule has 1 N–H and O–H groups in total. The molecule has 8 heteroatoms. The van der Waals surface area contributed by atoms with Crippen LogP contribution in [0.25, 0.3) is 0 Å². The van der Waals surface area contributed by atoms with Crippen LogP contribution in [-0.4, -0.2) is 18.2 Å². The Morgan fingerprint density at radius 3 is 2.58 bits per heavy atom. The van der Waals surface area contributed by atoms with Crippen molar-refractivity contribution in [2.24, 2.45) is 0 Å². The van der Waals surface area contributed by atoms with Gasteiger partial charge in [0.05, 0.1) is 15.9 Å². The number of aromatic nitrogens is 2. The van der Waals surface area contributed by atoms with Crippen LogP contribution in [0.4, 0.5) is 10.2 Å². The number of sulfonamides is 1. The summed E-state index contributed by atoms with van der Waals surface area (Å²) in [6, 6.07) is 11.3. The number of hydrogen-bond donors (Lipinski definition) is 1. The average Bonchev–Trinajstić information content (AvgIpc) is 2.91. The number of nitrogens with one attached hydrogen (secondary N) is 1. The maximum Gasteiger partial charge on any atom is 0.263 e. The minimum absolute atomic E-state index is 0.152. The molecular formula is C18H17BrFN3O2S. The highest BCUT2D eigenvalue weighted by Gasteiger charge is 2.19. The summed E-state index contributed by atoms with van der Waals surface area (Å²) >= 11 is 3.30. The summed E-state index contributed by atoms with van der Waals surface area (Å²) in [4.78, 5) is 0.163. The van der Waals surface area contributed by atoms with Gasteiger partial charge in [0.2, 0.25) is 0 Å². The van der Waals surface area contributed by atoms with E-state index in [1.165, 1.54) is 10.7 Å². The average molecular weight is 438 g/mol. The SMILES string of the molecule is Cc1ccc(S(=O)(=O)Nc2nn(Cc3ccccc3F)cc2Br)cc1C. The fourth-order valence-electron chi connectivity index (χ4n) is 2.42. The molecule has 0 aliphatic carbocycles. The smallest absolute Gasteiger partial charge is 0.263 e. The van der Waals surface area contributed by atoms with Gasteiger partial charge in [-0.25, -0.2) is 12.8 Å². The van der Waals surface area contributed by atoms with Crippen molar-refractivity contribution in [2.45, 2.75) is 25.3 Å². The van der Waals surface area contributed by atoms with Crippen LogP contribution in [-0.2, 0) is 16.6 Å². The lowest BCUT2D eigenvalue weighted by Crippen LogP contribution is -2.14. The van der Waals surface area contributed by atoms with E-state index in [1.807, 2.05) is 13.8 Å². The zero-order valence-corrected chi connectivity index (χ0v) is 16.6. The van der Waals surface area contributed by atoms with Crippen molar-refractivity contribution in [2.75, 3.05) is 4.72 Å². The fourth-order valence-corrected chi connectivity index (χ4v) is 4.06. The summed E-state index contributed by atoms with van der Waals surface area (Å²) in [5, 5.41) is 4.21. The van der Waals surface area contributed by atoms with E-state index in [4.69, 9.17) is 0 Å². The Kier molecular flexibility index (Phi) is 5.15. The van der Waals surface area contributed by atoms with Crippen molar-refractivity contribution >= 4 is 31.8 Å². The van der Waals surface area contributed by atoms with Gasteiger partial charge in [0, 0.05) is 11.8 Å². The Morgan fingerprint density at radius 2 is 1.88 bits per heavy atom. The van der Waals surface area contributed by atoms with Crippen LogP contribution in [0.1, 0.15) is 16.7 Å². The van der Waals surface area contributed by atoms with Gasteiger partial charge < -0.3 is 0 Å². The first-order valence-electron chi connectivity index (χ1n) is 7.83. The summed E-state index contributed by atoms with van der Waals surface area (Å²) in [6.07, 6.45) is 1.60. The minimum Gasteiger partial charge on any atom is -0.265 e. The van der Waals surface area contributed by atoms with Gasteiger partial charge in [-0.1, -0.05) is 24.3 Å².